The van der Waals surface area contributed by atoms with Gasteiger partial charge in [0.15, 0.2) is 0 Å². The Hall–Kier alpha value is -0.280. The molecule has 0 radical (unpaired) electrons. The van der Waals surface area contributed by atoms with Crippen LogP contribution in [0.15, 0.2) is 0 Å². The molecule has 0 bridgehead atoms. The maximum Gasteiger partial charge on any atom is 0.216 e. The molecule has 2 heterocycles. The molecule has 0 aromatic rings. The summed E-state index contributed by atoms with van der Waals surface area (Å²) >= 11 is 5.08. The highest BCUT2D eigenvalue weighted by Crippen LogP contribution is 2.18. The summed E-state index contributed by atoms with van der Waals surface area (Å²) in [4.78, 5) is 2.67. The van der Waals surface area contributed by atoms with Crippen molar-refractivity contribution in [1.82, 2.24) is 9.21 Å². The van der Waals surface area contributed by atoms with Crippen molar-refractivity contribution in [3.05, 3.63) is 0 Å². The van der Waals surface area contributed by atoms with Crippen molar-refractivity contribution in [2.75, 3.05) is 38.5 Å². The van der Waals surface area contributed by atoms with Crippen LogP contribution in [0.1, 0.15) is 26.2 Å². The maximum atomic E-state index is 12.4. The molecule has 2 atom stereocenters. The fourth-order valence-corrected chi connectivity index (χ4v) is 5.03. The standard InChI is InChI=1S/C13H25N3O3S2/c1-2-12(13(14)20)15-5-7-16(8-6-15)21(17,18)10-11-4-3-9-19-11/h11-12H,2-10H2,1H3,(H2,14,20). The molecule has 8 heteroatoms. The second kappa shape index (κ2) is 7.32. The number of thiocarbonyl (C=S) groups is 1. The van der Waals surface area contributed by atoms with Crippen LogP contribution in [-0.2, 0) is 14.8 Å². The van der Waals surface area contributed by atoms with Crippen molar-refractivity contribution in [2.45, 2.75) is 38.3 Å². The molecule has 0 spiro atoms. The summed E-state index contributed by atoms with van der Waals surface area (Å²) in [7, 11) is -3.23. The normalized spacial score (nSPS) is 26.8. The smallest absolute Gasteiger partial charge is 0.216 e. The summed E-state index contributed by atoms with van der Waals surface area (Å²) in [5.41, 5.74) is 5.75. The molecule has 0 aromatic heterocycles. The summed E-state index contributed by atoms with van der Waals surface area (Å²) in [6, 6.07) is 0.0722. The van der Waals surface area contributed by atoms with Crippen molar-refractivity contribution in [3.63, 3.8) is 0 Å². The summed E-state index contributed by atoms with van der Waals surface area (Å²) in [5.74, 6) is 0.111. The van der Waals surface area contributed by atoms with Crippen LogP contribution in [-0.4, -0.2) is 73.3 Å². The van der Waals surface area contributed by atoms with E-state index in [1.165, 1.54) is 0 Å². The fraction of sp³-hybridized carbons (Fsp3) is 0.923. The number of hydrogen-bond acceptors (Lipinski definition) is 5. The predicted octanol–water partition coefficient (Wildman–Crippen LogP) is 0.178. The minimum absolute atomic E-state index is 0.0722. The molecule has 2 aliphatic heterocycles. The zero-order chi connectivity index (χ0) is 15.5. The highest BCUT2D eigenvalue weighted by Gasteiger charge is 2.32. The summed E-state index contributed by atoms with van der Waals surface area (Å²) in [5, 5.41) is 0. The van der Waals surface area contributed by atoms with Gasteiger partial charge in [0.1, 0.15) is 0 Å². The zero-order valence-corrected chi connectivity index (χ0v) is 14.2. The quantitative estimate of drug-likeness (QED) is 0.698. The first kappa shape index (κ1) is 17.1. The van der Waals surface area contributed by atoms with Crippen molar-refractivity contribution in [1.29, 1.82) is 0 Å². The highest BCUT2D eigenvalue weighted by molar-refractivity contribution is 7.89. The Morgan fingerprint density at radius 1 is 1.38 bits per heavy atom. The van der Waals surface area contributed by atoms with Crippen LogP contribution in [0.4, 0.5) is 0 Å². The van der Waals surface area contributed by atoms with Gasteiger partial charge in [0.2, 0.25) is 10.0 Å². The predicted molar refractivity (Wildman–Crippen MR) is 86.8 cm³/mol. The summed E-state index contributed by atoms with van der Waals surface area (Å²) in [6.07, 6.45) is 2.53. The zero-order valence-electron chi connectivity index (χ0n) is 12.5. The Bertz CT molecular complexity index is 455. The van der Waals surface area contributed by atoms with E-state index in [-0.39, 0.29) is 17.9 Å². The molecule has 21 heavy (non-hydrogen) atoms. The minimum atomic E-state index is -3.23. The van der Waals surface area contributed by atoms with Crippen LogP contribution in [0.3, 0.4) is 0 Å². The Morgan fingerprint density at radius 2 is 2.05 bits per heavy atom. The number of nitrogens with zero attached hydrogens (tertiary/aromatic N) is 2. The number of nitrogens with two attached hydrogens (primary N) is 1. The Balaban J connectivity index is 1.89. The van der Waals surface area contributed by atoms with Gasteiger partial charge in [0, 0.05) is 32.8 Å². The van der Waals surface area contributed by atoms with E-state index in [0.29, 0.717) is 37.8 Å². The van der Waals surface area contributed by atoms with E-state index in [4.69, 9.17) is 22.7 Å². The molecule has 0 amide bonds. The molecule has 0 aromatic carbocycles. The van der Waals surface area contributed by atoms with Gasteiger partial charge >= 0.3 is 0 Å². The lowest BCUT2D eigenvalue weighted by Crippen LogP contribution is -2.55. The molecule has 2 unspecified atom stereocenters. The molecular formula is C13H25N3O3S2. The molecule has 122 valence electrons. The monoisotopic (exact) mass is 335 g/mol. The molecule has 0 aliphatic carbocycles. The van der Waals surface area contributed by atoms with Gasteiger partial charge in [-0.2, -0.15) is 4.31 Å². The SMILES string of the molecule is CCC(C(N)=S)N1CCN(S(=O)(=O)CC2CCCO2)CC1. The topological polar surface area (TPSA) is 75.9 Å². The first-order valence-electron chi connectivity index (χ1n) is 7.57. The second-order valence-corrected chi connectivity index (χ2v) is 8.16. The van der Waals surface area contributed by atoms with Crippen LogP contribution >= 0.6 is 12.2 Å². The molecule has 2 N–H and O–H groups in total. The van der Waals surface area contributed by atoms with Crippen molar-refractivity contribution in [2.24, 2.45) is 5.73 Å². The third-order valence-electron chi connectivity index (χ3n) is 4.24. The van der Waals surface area contributed by atoms with E-state index < -0.39 is 10.0 Å². The lowest BCUT2D eigenvalue weighted by molar-refractivity contribution is 0.124. The summed E-state index contributed by atoms with van der Waals surface area (Å²) in [6.45, 7) is 5.11. The second-order valence-electron chi connectivity index (χ2n) is 5.68. The fourth-order valence-electron chi connectivity index (χ4n) is 3.05. The summed E-state index contributed by atoms with van der Waals surface area (Å²) < 4.78 is 31.8. The van der Waals surface area contributed by atoms with E-state index in [1.54, 1.807) is 4.31 Å². The van der Waals surface area contributed by atoms with Gasteiger partial charge in [0.05, 0.1) is 22.9 Å². The molecular weight excluding hydrogens is 310 g/mol. The molecule has 0 saturated carbocycles. The van der Waals surface area contributed by atoms with Crippen LogP contribution in [0.25, 0.3) is 0 Å². The Morgan fingerprint density at radius 3 is 2.52 bits per heavy atom. The van der Waals surface area contributed by atoms with Gasteiger partial charge in [0.25, 0.3) is 0 Å². The van der Waals surface area contributed by atoms with Crippen molar-refractivity contribution < 1.29 is 13.2 Å². The lowest BCUT2D eigenvalue weighted by atomic mass is 10.1. The van der Waals surface area contributed by atoms with E-state index in [0.717, 1.165) is 19.3 Å². The number of sulfonamides is 1. The van der Waals surface area contributed by atoms with Crippen molar-refractivity contribution in [3.8, 4) is 0 Å². The highest BCUT2D eigenvalue weighted by atomic mass is 32.2. The first-order chi connectivity index (χ1) is 9.94. The first-order valence-corrected chi connectivity index (χ1v) is 9.58. The third-order valence-corrected chi connectivity index (χ3v) is 6.46. The van der Waals surface area contributed by atoms with Crippen molar-refractivity contribution >= 4 is 27.2 Å². The van der Waals surface area contributed by atoms with Gasteiger partial charge in [-0.1, -0.05) is 19.1 Å². The van der Waals surface area contributed by atoms with Crippen LogP contribution in [0, 0.1) is 0 Å². The average Bonchev–Trinajstić information content (AvgIpc) is 2.92. The number of rotatable bonds is 6. The number of hydrogen-bond donors (Lipinski definition) is 1. The molecule has 2 saturated heterocycles. The average molecular weight is 335 g/mol. The largest absolute Gasteiger partial charge is 0.392 e. The van der Waals surface area contributed by atoms with E-state index in [9.17, 15) is 8.42 Å². The molecule has 2 fully saturated rings. The van der Waals surface area contributed by atoms with Gasteiger partial charge in [-0.05, 0) is 19.3 Å². The van der Waals surface area contributed by atoms with Gasteiger partial charge in [-0.3, -0.25) is 4.90 Å². The Labute approximate surface area is 132 Å². The van der Waals surface area contributed by atoms with E-state index in [1.807, 2.05) is 6.92 Å². The van der Waals surface area contributed by atoms with E-state index >= 15 is 0 Å². The van der Waals surface area contributed by atoms with Gasteiger partial charge < -0.3 is 10.5 Å². The third kappa shape index (κ3) is 4.35. The van der Waals surface area contributed by atoms with Gasteiger partial charge in [-0.25, -0.2) is 8.42 Å². The van der Waals surface area contributed by atoms with Crippen LogP contribution in [0.2, 0.25) is 0 Å². The molecule has 6 nitrogen and oxygen atoms in total. The lowest BCUT2D eigenvalue weighted by Gasteiger charge is -2.38. The van der Waals surface area contributed by atoms with E-state index in [2.05, 4.69) is 4.90 Å². The van der Waals surface area contributed by atoms with Crippen LogP contribution < -0.4 is 5.73 Å². The Kier molecular flexibility index (Phi) is 5.96. The van der Waals surface area contributed by atoms with Gasteiger partial charge in [-0.15, -0.1) is 0 Å². The molecule has 2 aliphatic rings. The van der Waals surface area contributed by atoms with Crippen LogP contribution in [0.5, 0.6) is 0 Å². The molecule has 2 rings (SSSR count). The number of ether oxygens (including phenoxy) is 1. The maximum absolute atomic E-state index is 12.4. The number of piperazine rings is 1. The minimum Gasteiger partial charge on any atom is -0.392 e.